The molecule has 1 fully saturated rings. The molecule has 2 heterocycles. The fraction of sp³-hybridized carbons (Fsp3) is 0.348. The van der Waals surface area contributed by atoms with Crippen LogP contribution < -0.4 is 5.32 Å². The lowest BCUT2D eigenvalue weighted by molar-refractivity contribution is 0.0863. The number of nitrogens with one attached hydrogen (secondary N) is 1. The van der Waals surface area contributed by atoms with Crippen molar-refractivity contribution < 1.29 is 14.3 Å². The van der Waals surface area contributed by atoms with Gasteiger partial charge in [-0.25, -0.2) is 14.1 Å². The van der Waals surface area contributed by atoms with Gasteiger partial charge in [0.2, 0.25) is 0 Å². The number of halogens is 1. The van der Waals surface area contributed by atoms with Gasteiger partial charge in [0, 0.05) is 23.2 Å². The highest BCUT2D eigenvalue weighted by Gasteiger charge is 2.50. The maximum absolute atomic E-state index is 13.2. The number of aliphatic hydroxyl groups is 1. The summed E-state index contributed by atoms with van der Waals surface area (Å²) in [6.07, 6.45) is 3.72. The Morgan fingerprint density at radius 2 is 1.97 bits per heavy atom. The second-order valence-electron chi connectivity index (χ2n) is 8.84. The van der Waals surface area contributed by atoms with Crippen molar-refractivity contribution in [2.24, 2.45) is 5.92 Å². The molecule has 6 nitrogen and oxygen atoms in total. The molecule has 2 N–H and O–H groups in total. The number of rotatable bonds is 5. The van der Waals surface area contributed by atoms with Gasteiger partial charge >= 0.3 is 0 Å². The molecule has 0 spiro atoms. The minimum absolute atomic E-state index is 0.153. The summed E-state index contributed by atoms with van der Waals surface area (Å²) in [7, 11) is 0. The molecule has 7 heteroatoms. The first-order chi connectivity index (χ1) is 14.4. The second kappa shape index (κ2) is 6.74. The van der Waals surface area contributed by atoms with Crippen LogP contribution in [0.15, 0.2) is 42.6 Å². The Morgan fingerprint density at radius 1 is 1.23 bits per heavy atom. The SMILES string of the molecule is CC(C)(CO)NC(=O)c1nn(-c2ccc(-c3ccc(F)cc3)cn2)c2c1C[C@@H]1C[C@H]21. The zero-order valence-electron chi connectivity index (χ0n) is 16.9. The third kappa shape index (κ3) is 3.19. The zero-order valence-corrected chi connectivity index (χ0v) is 16.9. The predicted octanol–water partition coefficient (Wildman–Crippen LogP) is 3.23. The molecule has 1 amide bonds. The molecular formula is C23H23FN4O2. The number of nitrogens with zero attached hydrogens (tertiary/aromatic N) is 3. The first-order valence-corrected chi connectivity index (χ1v) is 10.1. The zero-order chi connectivity index (χ0) is 21.0. The molecule has 30 heavy (non-hydrogen) atoms. The first kappa shape index (κ1) is 18.9. The van der Waals surface area contributed by atoms with E-state index in [4.69, 9.17) is 0 Å². The van der Waals surface area contributed by atoms with Gasteiger partial charge in [-0.05, 0) is 62.4 Å². The summed E-state index contributed by atoms with van der Waals surface area (Å²) < 4.78 is 15.0. The van der Waals surface area contributed by atoms with Crippen molar-refractivity contribution in [3.63, 3.8) is 0 Å². The molecule has 5 rings (SSSR count). The van der Waals surface area contributed by atoms with Crippen molar-refractivity contribution in [3.05, 3.63) is 65.4 Å². The molecule has 3 aromatic rings. The van der Waals surface area contributed by atoms with Gasteiger partial charge in [-0.3, -0.25) is 4.79 Å². The van der Waals surface area contributed by atoms with E-state index in [0.717, 1.165) is 35.2 Å². The van der Waals surface area contributed by atoms with Crippen LogP contribution in [0, 0.1) is 11.7 Å². The van der Waals surface area contributed by atoms with E-state index < -0.39 is 5.54 Å². The highest BCUT2D eigenvalue weighted by Crippen LogP contribution is 2.57. The van der Waals surface area contributed by atoms with Crippen LogP contribution >= 0.6 is 0 Å². The third-order valence-corrected chi connectivity index (χ3v) is 5.97. The maximum Gasteiger partial charge on any atom is 0.272 e. The number of fused-ring (bicyclic) bond motifs is 3. The molecule has 1 aromatic carbocycles. The lowest BCUT2D eigenvalue weighted by Gasteiger charge is -2.23. The maximum atomic E-state index is 13.2. The number of amides is 1. The average Bonchev–Trinajstić information content (AvgIpc) is 3.23. The van der Waals surface area contributed by atoms with E-state index >= 15 is 0 Å². The summed E-state index contributed by atoms with van der Waals surface area (Å²) in [5, 5.41) is 17.0. The van der Waals surface area contributed by atoms with Crippen molar-refractivity contribution in [1.29, 1.82) is 0 Å². The molecule has 2 atom stereocenters. The monoisotopic (exact) mass is 406 g/mol. The Balaban J connectivity index is 1.49. The van der Waals surface area contributed by atoms with Crippen molar-refractivity contribution in [1.82, 2.24) is 20.1 Å². The average molecular weight is 406 g/mol. The van der Waals surface area contributed by atoms with Crippen LogP contribution in [0.25, 0.3) is 16.9 Å². The quantitative estimate of drug-likeness (QED) is 0.682. The van der Waals surface area contributed by atoms with E-state index in [2.05, 4.69) is 15.4 Å². The van der Waals surface area contributed by atoms with Crippen LogP contribution in [0.4, 0.5) is 4.39 Å². The van der Waals surface area contributed by atoms with Gasteiger partial charge in [0.25, 0.3) is 5.91 Å². The molecule has 2 aliphatic rings. The van der Waals surface area contributed by atoms with Crippen LogP contribution in [0.5, 0.6) is 0 Å². The fourth-order valence-corrected chi connectivity index (χ4v) is 4.20. The highest BCUT2D eigenvalue weighted by molar-refractivity contribution is 5.95. The standard InChI is InChI=1S/C23H23FN4O2/c1-23(2,12-29)26-22(30)20-18-10-15-9-17(15)21(18)28(27-20)19-8-5-14(11-25-19)13-3-6-16(24)7-4-13/h3-8,11,15,17,29H,9-10,12H2,1-2H3,(H,26,30)/t15-,17-/m0/s1. The smallest absolute Gasteiger partial charge is 0.272 e. The Labute approximate surface area is 173 Å². The van der Waals surface area contributed by atoms with Gasteiger partial charge in [-0.2, -0.15) is 5.10 Å². The molecule has 2 aliphatic carbocycles. The predicted molar refractivity (Wildman–Crippen MR) is 110 cm³/mol. The van der Waals surface area contributed by atoms with Crippen molar-refractivity contribution in [2.75, 3.05) is 6.61 Å². The van der Waals surface area contributed by atoms with Crippen LogP contribution in [0.2, 0.25) is 0 Å². The van der Waals surface area contributed by atoms with E-state index in [0.29, 0.717) is 23.3 Å². The number of hydrogen-bond donors (Lipinski definition) is 2. The summed E-state index contributed by atoms with van der Waals surface area (Å²) in [6.45, 7) is 3.39. The summed E-state index contributed by atoms with van der Waals surface area (Å²) >= 11 is 0. The van der Waals surface area contributed by atoms with E-state index in [1.807, 2.05) is 12.1 Å². The number of aromatic nitrogens is 3. The Bertz CT molecular complexity index is 1120. The van der Waals surface area contributed by atoms with E-state index in [1.165, 1.54) is 12.1 Å². The normalized spacial score (nSPS) is 19.3. The van der Waals surface area contributed by atoms with Crippen molar-refractivity contribution in [2.45, 2.75) is 38.1 Å². The minimum atomic E-state index is -0.718. The molecule has 154 valence electrons. The topological polar surface area (TPSA) is 80.0 Å². The molecule has 0 unspecified atom stereocenters. The summed E-state index contributed by atoms with van der Waals surface area (Å²) in [5.41, 5.74) is 3.54. The number of pyridine rings is 1. The molecule has 2 aromatic heterocycles. The molecule has 0 bridgehead atoms. The van der Waals surface area contributed by atoms with Gasteiger partial charge in [-0.15, -0.1) is 0 Å². The van der Waals surface area contributed by atoms with Crippen LogP contribution in [0.1, 0.15) is 47.9 Å². The van der Waals surface area contributed by atoms with E-state index in [9.17, 15) is 14.3 Å². The van der Waals surface area contributed by atoms with Gasteiger partial charge in [0.1, 0.15) is 5.82 Å². The van der Waals surface area contributed by atoms with Crippen LogP contribution in [-0.2, 0) is 6.42 Å². The van der Waals surface area contributed by atoms with Gasteiger partial charge < -0.3 is 10.4 Å². The fourth-order valence-electron chi connectivity index (χ4n) is 4.20. The van der Waals surface area contributed by atoms with E-state index in [-0.39, 0.29) is 18.3 Å². The lowest BCUT2D eigenvalue weighted by Crippen LogP contribution is -2.46. The molecule has 0 saturated heterocycles. The minimum Gasteiger partial charge on any atom is -0.394 e. The number of benzene rings is 1. The number of hydrogen-bond acceptors (Lipinski definition) is 4. The Kier molecular flexibility index (Phi) is 4.25. The summed E-state index contributed by atoms with van der Waals surface area (Å²) in [4.78, 5) is 17.4. The Morgan fingerprint density at radius 3 is 2.63 bits per heavy atom. The van der Waals surface area contributed by atoms with Crippen LogP contribution in [0.3, 0.4) is 0 Å². The second-order valence-corrected chi connectivity index (χ2v) is 8.84. The summed E-state index contributed by atoms with van der Waals surface area (Å²) in [6, 6.07) is 10.1. The highest BCUT2D eigenvalue weighted by atomic mass is 19.1. The van der Waals surface area contributed by atoms with Gasteiger partial charge in [0.15, 0.2) is 11.5 Å². The third-order valence-electron chi connectivity index (χ3n) is 5.97. The van der Waals surface area contributed by atoms with Gasteiger partial charge in [0.05, 0.1) is 17.8 Å². The number of carbonyl (C=O) groups is 1. The van der Waals surface area contributed by atoms with Crippen molar-refractivity contribution >= 4 is 5.91 Å². The molecule has 0 aliphatic heterocycles. The molecule has 1 saturated carbocycles. The first-order valence-electron chi connectivity index (χ1n) is 10.1. The largest absolute Gasteiger partial charge is 0.394 e. The molecular weight excluding hydrogens is 383 g/mol. The summed E-state index contributed by atoms with van der Waals surface area (Å²) in [5.74, 6) is 1.13. The lowest BCUT2D eigenvalue weighted by atomic mass is 10.1. The molecule has 0 radical (unpaired) electrons. The van der Waals surface area contributed by atoms with Gasteiger partial charge in [-0.1, -0.05) is 12.1 Å². The number of aliphatic hydroxyl groups excluding tert-OH is 1. The Hall–Kier alpha value is -3.06. The number of carbonyl (C=O) groups excluding carboxylic acids is 1. The van der Waals surface area contributed by atoms with E-state index in [1.54, 1.807) is 36.9 Å². The van der Waals surface area contributed by atoms with Crippen LogP contribution in [-0.4, -0.2) is 37.9 Å². The van der Waals surface area contributed by atoms with Crippen molar-refractivity contribution in [3.8, 4) is 16.9 Å².